The van der Waals surface area contributed by atoms with Crippen LogP contribution in [0.3, 0.4) is 0 Å². The monoisotopic (exact) mass is 158 g/mol. The molecule has 0 bridgehead atoms. The summed E-state index contributed by atoms with van der Waals surface area (Å²) in [5, 5.41) is 0. The first kappa shape index (κ1) is 11.0. The summed E-state index contributed by atoms with van der Waals surface area (Å²) < 4.78 is 5.58. The van der Waals surface area contributed by atoms with Gasteiger partial charge in [0, 0.05) is 6.61 Å². The van der Waals surface area contributed by atoms with Gasteiger partial charge in [0.1, 0.15) is 0 Å². The van der Waals surface area contributed by atoms with E-state index in [2.05, 4.69) is 20.8 Å². The summed E-state index contributed by atoms with van der Waals surface area (Å²) in [7, 11) is 0. The van der Waals surface area contributed by atoms with Crippen molar-refractivity contribution < 1.29 is 4.74 Å². The zero-order valence-electron chi connectivity index (χ0n) is 8.61. The Morgan fingerprint density at radius 2 is 1.82 bits per heavy atom. The molecule has 1 fully saturated rings. The summed E-state index contributed by atoms with van der Waals surface area (Å²) in [6.45, 7) is 11.6. The van der Waals surface area contributed by atoms with Crippen LogP contribution in [0.15, 0.2) is 0 Å². The van der Waals surface area contributed by atoms with Crippen molar-refractivity contribution in [3.63, 3.8) is 0 Å². The Bertz CT molecular complexity index is 97.0. The van der Waals surface area contributed by atoms with Crippen LogP contribution in [0, 0.1) is 5.92 Å². The highest BCUT2D eigenvalue weighted by Gasteiger charge is 2.29. The largest absolute Gasteiger partial charge is 0.375 e. The first-order valence-corrected chi connectivity index (χ1v) is 4.77. The highest BCUT2D eigenvalue weighted by atomic mass is 16.5. The quantitative estimate of drug-likeness (QED) is 0.526. The molecule has 1 heterocycles. The minimum absolute atomic E-state index is 0.137. The molecule has 1 aliphatic heterocycles. The molecule has 0 spiro atoms. The molecule has 1 atom stereocenters. The van der Waals surface area contributed by atoms with Gasteiger partial charge in [-0.15, -0.1) is 0 Å². The Morgan fingerprint density at radius 3 is 2.09 bits per heavy atom. The molecule has 1 heteroatoms. The van der Waals surface area contributed by atoms with Gasteiger partial charge in [0.25, 0.3) is 0 Å². The molecule has 1 nitrogen and oxygen atoms in total. The van der Waals surface area contributed by atoms with E-state index in [1.165, 1.54) is 12.8 Å². The lowest BCUT2D eigenvalue weighted by Gasteiger charge is -2.36. The maximum Gasteiger partial charge on any atom is 0.0651 e. The fraction of sp³-hybridized carbons (Fsp3) is 1.00. The second kappa shape index (κ2) is 4.76. The molecule has 0 radical (unpaired) electrons. The molecule has 0 N–H and O–H groups in total. The lowest BCUT2D eigenvalue weighted by Crippen LogP contribution is -2.36. The van der Waals surface area contributed by atoms with Crippen LogP contribution in [-0.2, 0) is 4.74 Å². The van der Waals surface area contributed by atoms with Crippen LogP contribution in [0.4, 0.5) is 0 Å². The predicted octanol–water partition coefficient (Wildman–Crippen LogP) is 3.24. The Morgan fingerprint density at radius 1 is 1.27 bits per heavy atom. The molecule has 1 unspecified atom stereocenters. The van der Waals surface area contributed by atoms with Crippen molar-refractivity contribution in [3.05, 3.63) is 0 Å². The smallest absolute Gasteiger partial charge is 0.0651 e. The number of ether oxygens (including phenoxy) is 1. The van der Waals surface area contributed by atoms with Crippen molar-refractivity contribution in [1.82, 2.24) is 0 Å². The third-order valence-electron chi connectivity index (χ3n) is 2.44. The van der Waals surface area contributed by atoms with E-state index < -0.39 is 0 Å². The minimum atomic E-state index is 0.137. The Balaban J connectivity index is 0.000000461. The van der Waals surface area contributed by atoms with Crippen molar-refractivity contribution >= 4 is 0 Å². The van der Waals surface area contributed by atoms with Crippen LogP contribution in [-0.4, -0.2) is 12.2 Å². The summed E-state index contributed by atoms with van der Waals surface area (Å²) in [4.78, 5) is 0. The van der Waals surface area contributed by atoms with Gasteiger partial charge in [0.2, 0.25) is 0 Å². The van der Waals surface area contributed by atoms with E-state index in [0.29, 0.717) is 0 Å². The summed E-state index contributed by atoms with van der Waals surface area (Å²) in [6.07, 6.45) is 2.57. The molecule has 0 aliphatic carbocycles. The minimum Gasteiger partial charge on any atom is -0.375 e. The lowest BCUT2D eigenvalue weighted by atomic mass is 9.87. The highest BCUT2D eigenvalue weighted by Crippen LogP contribution is 2.29. The molecule has 0 amide bonds. The lowest BCUT2D eigenvalue weighted by molar-refractivity contribution is -0.0875. The van der Waals surface area contributed by atoms with Gasteiger partial charge < -0.3 is 4.74 Å². The van der Waals surface area contributed by atoms with Crippen molar-refractivity contribution in [2.24, 2.45) is 5.92 Å². The molecule has 1 rings (SSSR count). The van der Waals surface area contributed by atoms with E-state index in [4.69, 9.17) is 4.74 Å². The van der Waals surface area contributed by atoms with Crippen LogP contribution >= 0.6 is 0 Å². The molecule has 1 saturated heterocycles. The number of hydrogen-bond acceptors (Lipinski definition) is 1. The molecule has 0 aromatic rings. The van der Waals surface area contributed by atoms with Gasteiger partial charge in [-0.2, -0.15) is 0 Å². The molecule has 0 saturated carbocycles. The summed E-state index contributed by atoms with van der Waals surface area (Å²) in [5.74, 6) is 0.728. The van der Waals surface area contributed by atoms with Crippen molar-refractivity contribution in [1.29, 1.82) is 0 Å². The maximum absolute atomic E-state index is 5.58. The molecule has 0 aromatic carbocycles. The molecular weight excluding hydrogens is 136 g/mol. The van der Waals surface area contributed by atoms with E-state index >= 15 is 0 Å². The van der Waals surface area contributed by atoms with Gasteiger partial charge in [-0.1, -0.05) is 20.8 Å². The van der Waals surface area contributed by atoms with Crippen LogP contribution < -0.4 is 0 Å². The summed E-state index contributed by atoms with van der Waals surface area (Å²) in [6, 6.07) is 0. The number of hydrogen-bond donors (Lipinski definition) is 0. The van der Waals surface area contributed by atoms with Gasteiger partial charge in [-0.05, 0) is 32.6 Å². The van der Waals surface area contributed by atoms with Crippen LogP contribution in [0.25, 0.3) is 0 Å². The molecular formula is C10H22O. The topological polar surface area (TPSA) is 9.23 Å². The molecule has 11 heavy (non-hydrogen) atoms. The summed E-state index contributed by atoms with van der Waals surface area (Å²) >= 11 is 0. The van der Waals surface area contributed by atoms with E-state index in [0.717, 1.165) is 12.5 Å². The zero-order valence-corrected chi connectivity index (χ0v) is 8.61. The van der Waals surface area contributed by atoms with E-state index in [1.807, 2.05) is 13.8 Å². The number of rotatable bonds is 0. The fourth-order valence-electron chi connectivity index (χ4n) is 1.21. The highest BCUT2D eigenvalue weighted by molar-refractivity contribution is 4.79. The standard InChI is InChI=1S/C8H16O.C2H6/c1-7-5-4-6-9-8(7,2)3;1-2/h7H,4-6H2,1-3H3;1-2H3. The Kier molecular flexibility index (Phi) is 4.74. The second-order valence-corrected chi connectivity index (χ2v) is 3.50. The first-order chi connectivity index (χ1) is 5.13. The SMILES string of the molecule is CC.CC1CCCOC1(C)C. The summed E-state index contributed by atoms with van der Waals surface area (Å²) in [5.41, 5.74) is 0.137. The van der Waals surface area contributed by atoms with Gasteiger partial charge in [-0.25, -0.2) is 0 Å². The van der Waals surface area contributed by atoms with E-state index in [9.17, 15) is 0 Å². The van der Waals surface area contributed by atoms with Crippen LogP contribution in [0.5, 0.6) is 0 Å². The van der Waals surface area contributed by atoms with Gasteiger partial charge in [0.15, 0.2) is 0 Å². The third kappa shape index (κ3) is 3.24. The predicted molar refractivity (Wildman–Crippen MR) is 49.8 cm³/mol. The van der Waals surface area contributed by atoms with Crippen molar-refractivity contribution in [2.45, 2.75) is 53.1 Å². The first-order valence-electron chi connectivity index (χ1n) is 4.77. The van der Waals surface area contributed by atoms with Gasteiger partial charge >= 0.3 is 0 Å². The fourth-order valence-corrected chi connectivity index (χ4v) is 1.21. The zero-order chi connectivity index (χ0) is 8.91. The van der Waals surface area contributed by atoms with Crippen LogP contribution in [0.1, 0.15) is 47.5 Å². The third-order valence-corrected chi connectivity index (χ3v) is 2.44. The van der Waals surface area contributed by atoms with Gasteiger partial charge in [-0.3, -0.25) is 0 Å². The van der Waals surface area contributed by atoms with Gasteiger partial charge in [0.05, 0.1) is 5.60 Å². The average molecular weight is 158 g/mol. The normalized spacial score (nSPS) is 28.6. The van der Waals surface area contributed by atoms with Crippen molar-refractivity contribution in [3.8, 4) is 0 Å². The van der Waals surface area contributed by atoms with Crippen LogP contribution in [0.2, 0.25) is 0 Å². The molecule has 68 valence electrons. The average Bonchev–Trinajstić information content (AvgIpc) is 2.00. The molecule has 1 aliphatic rings. The second-order valence-electron chi connectivity index (χ2n) is 3.50. The van der Waals surface area contributed by atoms with E-state index in [1.54, 1.807) is 0 Å². The maximum atomic E-state index is 5.58. The van der Waals surface area contributed by atoms with Crippen molar-refractivity contribution in [2.75, 3.05) is 6.61 Å². The Hall–Kier alpha value is -0.0400. The molecule has 0 aromatic heterocycles. The van der Waals surface area contributed by atoms with E-state index in [-0.39, 0.29) is 5.60 Å². The Labute approximate surface area is 71.1 Å².